The second-order valence-corrected chi connectivity index (χ2v) is 6.85. The molecule has 0 radical (unpaired) electrons. The number of hydrogen-bond acceptors (Lipinski definition) is 4. The minimum absolute atomic E-state index is 0.178. The van der Waals surface area contributed by atoms with Crippen molar-refractivity contribution in [1.29, 1.82) is 0 Å². The Labute approximate surface area is 134 Å². The van der Waals surface area contributed by atoms with E-state index in [9.17, 15) is 0 Å². The van der Waals surface area contributed by atoms with Crippen LogP contribution in [0, 0.1) is 11.3 Å². The lowest BCUT2D eigenvalue weighted by Gasteiger charge is -2.49. The van der Waals surface area contributed by atoms with Crippen LogP contribution in [0.3, 0.4) is 0 Å². The maximum atomic E-state index is 5.52. The SMILES string of the molecule is COc1cc([C@H]2N(C)CC[C@@H](C)C2(C)C)cc(OC)c1OC. The van der Waals surface area contributed by atoms with Crippen LogP contribution in [0.1, 0.15) is 38.8 Å². The van der Waals surface area contributed by atoms with Crippen molar-refractivity contribution in [2.24, 2.45) is 11.3 Å². The van der Waals surface area contributed by atoms with Crippen molar-refractivity contribution in [3.8, 4) is 17.2 Å². The fourth-order valence-electron chi connectivity index (χ4n) is 3.68. The molecule has 124 valence electrons. The Morgan fingerprint density at radius 3 is 2.05 bits per heavy atom. The summed E-state index contributed by atoms with van der Waals surface area (Å²) in [5.41, 5.74) is 1.39. The van der Waals surface area contributed by atoms with E-state index in [1.807, 2.05) is 0 Å². The van der Waals surface area contributed by atoms with Crippen LogP contribution in [0.4, 0.5) is 0 Å². The third-order valence-corrected chi connectivity index (χ3v) is 5.33. The lowest BCUT2D eigenvalue weighted by Crippen LogP contribution is -2.45. The van der Waals surface area contributed by atoms with Crippen LogP contribution in [0.15, 0.2) is 12.1 Å². The van der Waals surface area contributed by atoms with Gasteiger partial charge in [-0.2, -0.15) is 0 Å². The Balaban J connectivity index is 2.55. The lowest BCUT2D eigenvalue weighted by molar-refractivity contribution is 0.00963. The number of benzene rings is 1. The molecular weight excluding hydrogens is 278 g/mol. The van der Waals surface area contributed by atoms with Crippen LogP contribution >= 0.6 is 0 Å². The van der Waals surface area contributed by atoms with Gasteiger partial charge >= 0.3 is 0 Å². The van der Waals surface area contributed by atoms with Gasteiger partial charge in [0.05, 0.1) is 21.3 Å². The Bertz CT molecular complexity index is 502. The van der Waals surface area contributed by atoms with Gasteiger partial charge in [-0.15, -0.1) is 0 Å². The summed E-state index contributed by atoms with van der Waals surface area (Å²) in [7, 11) is 7.17. The van der Waals surface area contributed by atoms with Crippen LogP contribution in [0.25, 0.3) is 0 Å². The van der Waals surface area contributed by atoms with E-state index in [-0.39, 0.29) is 5.41 Å². The first-order valence-corrected chi connectivity index (χ1v) is 7.87. The number of hydrogen-bond donors (Lipinski definition) is 0. The number of piperidine rings is 1. The zero-order valence-corrected chi connectivity index (χ0v) is 14.9. The summed E-state index contributed by atoms with van der Waals surface area (Å²) in [4.78, 5) is 2.43. The van der Waals surface area contributed by atoms with Gasteiger partial charge in [0.25, 0.3) is 0 Å². The molecule has 1 aromatic rings. The van der Waals surface area contributed by atoms with Crippen LogP contribution in [0.5, 0.6) is 17.2 Å². The first kappa shape index (κ1) is 16.9. The van der Waals surface area contributed by atoms with Gasteiger partial charge in [0.15, 0.2) is 11.5 Å². The van der Waals surface area contributed by atoms with Crippen molar-refractivity contribution < 1.29 is 14.2 Å². The molecule has 4 heteroatoms. The minimum Gasteiger partial charge on any atom is -0.493 e. The molecule has 1 aliphatic rings. The molecule has 1 aliphatic heterocycles. The largest absolute Gasteiger partial charge is 0.493 e. The van der Waals surface area contributed by atoms with Crippen molar-refractivity contribution in [2.75, 3.05) is 34.9 Å². The Hall–Kier alpha value is -1.42. The van der Waals surface area contributed by atoms with Crippen molar-refractivity contribution in [3.05, 3.63) is 17.7 Å². The van der Waals surface area contributed by atoms with Crippen LogP contribution in [-0.4, -0.2) is 39.8 Å². The van der Waals surface area contributed by atoms with Gasteiger partial charge in [-0.05, 0) is 49.0 Å². The highest BCUT2D eigenvalue weighted by atomic mass is 16.5. The molecule has 0 aliphatic carbocycles. The quantitative estimate of drug-likeness (QED) is 0.847. The Kier molecular flexibility index (Phi) is 4.90. The zero-order valence-electron chi connectivity index (χ0n) is 14.9. The van der Waals surface area contributed by atoms with Gasteiger partial charge in [-0.1, -0.05) is 20.8 Å². The predicted octanol–water partition coefficient (Wildman–Crippen LogP) is 3.75. The maximum Gasteiger partial charge on any atom is 0.203 e. The molecule has 1 fully saturated rings. The first-order chi connectivity index (χ1) is 10.4. The van der Waals surface area contributed by atoms with Crippen molar-refractivity contribution in [1.82, 2.24) is 4.90 Å². The predicted molar refractivity (Wildman–Crippen MR) is 89.0 cm³/mol. The van der Waals surface area contributed by atoms with E-state index < -0.39 is 0 Å². The summed E-state index contributed by atoms with van der Waals surface area (Å²) in [5.74, 6) is 2.75. The summed E-state index contributed by atoms with van der Waals surface area (Å²) in [6.45, 7) is 8.15. The van der Waals surface area contributed by atoms with Gasteiger partial charge in [0.1, 0.15) is 0 Å². The first-order valence-electron chi connectivity index (χ1n) is 7.87. The normalized spacial score (nSPS) is 24.9. The lowest BCUT2D eigenvalue weighted by atomic mass is 9.67. The second-order valence-electron chi connectivity index (χ2n) is 6.85. The molecule has 0 saturated carbocycles. The van der Waals surface area contributed by atoms with E-state index >= 15 is 0 Å². The third-order valence-electron chi connectivity index (χ3n) is 5.33. The van der Waals surface area contributed by atoms with Gasteiger partial charge in [-0.3, -0.25) is 4.90 Å². The summed E-state index contributed by atoms with van der Waals surface area (Å²) >= 11 is 0. The van der Waals surface area contributed by atoms with Gasteiger partial charge in [0, 0.05) is 6.04 Å². The fourth-order valence-corrected chi connectivity index (χ4v) is 3.68. The molecular formula is C18H29NO3. The molecule has 0 bridgehead atoms. The number of nitrogens with zero attached hydrogens (tertiary/aromatic N) is 1. The minimum atomic E-state index is 0.178. The van der Waals surface area contributed by atoms with Gasteiger partial charge < -0.3 is 14.2 Å². The van der Waals surface area contributed by atoms with Crippen LogP contribution in [0.2, 0.25) is 0 Å². The molecule has 0 N–H and O–H groups in total. The number of rotatable bonds is 4. The summed E-state index contributed by atoms with van der Waals surface area (Å²) in [6, 6.07) is 4.50. The molecule has 0 aromatic heterocycles. The highest BCUT2D eigenvalue weighted by Gasteiger charge is 2.42. The third kappa shape index (κ3) is 2.76. The van der Waals surface area contributed by atoms with Gasteiger partial charge in [-0.25, -0.2) is 0 Å². The molecule has 4 nitrogen and oxygen atoms in total. The molecule has 2 atom stereocenters. The van der Waals surface area contributed by atoms with E-state index in [2.05, 4.69) is 44.9 Å². The van der Waals surface area contributed by atoms with E-state index in [0.717, 1.165) is 18.0 Å². The van der Waals surface area contributed by atoms with Crippen LogP contribution in [-0.2, 0) is 0 Å². The molecule has 0 unspecified atom stereocenters. The second kappa shape index (κ2) is 6.37. The number of methoxy groups -OCH3 is 3. The standard InChI is InChI=1S/C18H29NO3/c1-12-8-9-19(4)17(18(12,2)3)13-10-14(20-5)16(22-7)15(11-13)21-6/h10-12,17H,8-9H2,1-7H3/t12-,17-/m1/s1. The van der Waals surface area contributed by atoms with Crippen LogP contribution < -0.4 is 14.2 Å². The van der Waals surface area contributed by atoms with E-state index in [1.54, 1.807) is 21.3 Å². The number of likely N-dealkylation sites (tertiary alicyclic amines) is 1. The Morgan fingerprint density at radius 1 is 1.05 bits per heavy atom. The summed E-state index contributed by atoms with van der Waals surface area (Å²) in [6.07, 6.45) is 1.23. The summed E-state index contributed by atoms with van der Waals surface area (Å²) < 4.78 is 16.5. The molecule has 0 spiro atoms. The monoisotopic (exact) mass is 307 g/mol. The zero-order chi connectivity index (χ0) is 16.5. The smallest absolute Gasteiger partial charge is 0.203 e. The fraction of sp³-hybridized carbons (Fsp3) is 0.667. The molecule has 22 heavy (non-hydrogen) atoms. The van der Waals surface area contributed by atoms with Crippen molar-refractivity contribution >= 4 is 0 Å². The Morgan fingerprint density at radius 2 is 1.59 bits per heavy atom. The highest BCUT2D eigenvalue weighted by Crippen LogP contribution is 2.50. The topological polar surface area (TPSA) is 30.9 Å². The van der Waals surface area contributed by atoms with E-state index in [1.165, 1.54) is 12.0 Å². The van der Waals surface area contributed by atoms with Gasteiger partial charge in [0.2, 0.25) is 5.75 Å². The molecule has 2 rings (SSSR count). The maximum absolute atomic E-state index is 5.52. The van der Waals surface area contributed by atoms with Crippen molar-refractivity contribution in [2.45, 2.75) is 33.2 Å². The number of ether oxygens (including phenoxy) is 3. The molecule has 1 saturated heterocycles. The highest BCUT2D eigenvalue weighted by molar-refractivity contribution is 5.54. The van der Waals surface area contributed by atoms with Crippen molar-refractivity contribution in [3.63, 3.8) is 0 Å². The average Bonchev–Trinajstić information content (AvgIpc) is 2.50. The summed E-state index contributed by atoms with van der Waals surface area (Å²) in [5, 5.41) is 0. The average molecular weight is 307 g/mol. The molecule has 0 amide bonds. The van der Waals surface area contributed by atoms with E-state index in [0.29, 0.717) is 17.7 Å². The molecule has 1 aromatic carbocycles. The molecule has 1 heterocycles. The van der Waals surface area contributed by atoms with E-state index in [4.69, 9.17) is 14.2 Å².